The van der Waals surface area contributed by atoms with Crippen LogP contribution in [0.1, 0.15) is 37.5 Å². The molecule has 0 aromatic heterocycles. The van der Waals surface area contributed by atoms with Gasteiger partial charge in [-0.3, -0.25) is 0 Å². The summed E-state index contributed by atoms with van der Waals surface area (Å²) < 4.78 is 5.96. The normalized spacial score (nSPS) is 14.4. The molecule has 0 aliphatic carbocycles. The lowest BCUT2D eigenvalue weighted by atomic mass is 9.87. The van der Waals surface area contributed by atoms with Crippen molar-refractivity contribution in [3.8, 4) is 11.8 Å². The van der Waals surface area contributed by atoms with Crippen molar-refractivity contribution in [1.82, 2.24) is 0 Å². The van der Waals surface area contributed by atoms with Crippen molar-refractivity contribution in [3.05, 3.63) is 105 Å². The van der Waals surface area contributed by atoms with E-state index in [1.165, 1.54) is 0 Å². The van der Waals surface area contributed by atoms with E-state index < -0.39 is 0 Å². The number of allylic oxidation sites excluding steroid dienone is 4. The Balaban J connectivity index is 1.99. The van der Waals surface area contributed by atoms with E-state index in [2.05, 4.69) is 35.6 Å². The number of rotatable bonds is 4. The fraction of sp³-hybridized carbons (Fsp3) is 0.200. The number of hydrogen-bond donors (Lipinski definition) is 0. The summed E-state index contributed by atoms with van der Waals surface area (Å²) in [5.41, 5.74) is 12.7. The Morgan fingerprint density at radius 2 is 2.00 bits per heavy atom. The van der Waals surface area contributed by atoms with Crippen molar-refractivity contribution in [2.24, 2.45) is 10.5 Å². The summed E-state index contributed by atoms with van der Waals surface area (Å²) in [7, 11) is 0. The van der Waals surface area contributed by atoms with Crippen molar-refractivity contribution in [3.63, 3.8) is 0 Å². The molecule has 0 saturated heterocycles. The molecular weight excluding hydrogens is 386 g/mol. The Labute approximate surface area is 181 Å². The summed E-state index contributed by atoms with van der Waals surface area (Å²) in [5, 5.41) is 13.2. The lowest BCUT2D eigenvalue weighted by molar-refractivity contribution is 0.411. The zero-order valence-corrected chi connectivity index (χ0v) is 17.6. The monoisotopic (exact) mass is 407 g/mol. The third kappa shape index (κ3) is 5.22. The minimum absolute atomic E-state index is 0.0211. The first-order valence-corrected chi connectivity index (χ1v) is 9.71. The van der Waals surface area contributed by atoms with Crippen molar-refractivity contribution in [2.45, 2.75) is 27.2 Å². The van der Waals surface area contributed by atoms with Gasteiger partial charge in [-0.05, 0) is 46.7 Å². The molecule has 0 unspecified atom stereocenters. The molecule has 0 N–H and O–H groups in total. The summed E-state index contributed by atoms with van der Waals surface area (Å²) in [6, 6.07) is 15.0. The third-order valence-electron chi connectivity index (χ3n) is 4.58. The summed E-state index contributed by atoms with van der Waals surface area (Å²) in [5.74, 6) is 1.13. The van der Waals surface area contributed by atoms with E-state index in [-0.39, 0.29) is 11.1 Å². The second-order valence-corrected chi connectivity index (χ2v) is 8.28. The fourth-order valence-electron chi connectivity index (χ4n) is 3.32. The number of azide groups is 1. The van der Waals surface area contributed by atoms with Gasteiger partial charge in [0.15, 0.2) is 0 Å². The molecule has 1 heterocycles. The van der Waals surface area contributed by atoms with Crippen LogP contribution in [0.15, 0.2) is 71.2 Å². The van der Waals surface area contributed by atoms with Crippen LogP contribution in [0.25, 0.3) is 26.9 Å². The molecule has 1 aliphatic rings. The maximum absolute atomic E-state index is 9.35. The summed E-state index contributed by atoms with van der Waals surface area (Å²) in [6.45, 7) is 13.7. The topological polar surface area (TPSA) is 86.1 Å². The number of nitrogens with zero attached hydrogens (tertiary/aromatic N) is 5. The molecule has 0 bridgehead atoms. The van der Waals surface area contributed by atoms with Gasteiger partial charge in [0, 0.05) is 21.7 Å². The van der Waals surface area contributed by atoms with Gasteiger partial charge in [0.25, 0.3) is 5.70 Å². The quantitative estimate of drug-likeness (QED) is 0.174. The molecule has 0 radical (unpaired) electrons. The minimum Gasteiger partial charge on any atom is -0.457 e. The van der Waals surface area contributed by atoms with Gasteiger partial charge in [-0.1, -0.05) is 68.4 Å². The van der Waals surface area contributed by atoms with Crippen LogP contribution in [0.3, 0.4) is 0 Å². The molecule has 2 aromatic rings. The van der Waals surface area contributed by atoms with Crippen molar-refractivity contribution in [1.29, 1.82) is 5.26 Å². The molecule has 31 heavy (non-hydrogen) atoms. The first-order valence-electron chi connectivity index (χ1n) is 9.71. The highest BCUT2D eigenvalue weighted by Crippen LogP contribution is 2.36. The summed E-state index contributed by atoms with van der Waals surface area (Å²) >= 11 is 0. The Bertz CT molecular complexity index is 1220. The summed E-state index contributed by atoms with van der Waals surface area (Å²) in [6.07, 6.45) is 6.17. The molecule has 1 aliphatic heterocycles. The molecule has 2 aromatic carbocycles. The van der Waals surface area contributed by atoms with Crippen LogP contribution in [0.5, 0.6) is 5.75 Å². The second-order valence-electron chi connectivity index (χ2n) is 8.28. The average molecular weight is 407 g/mol. The lowest BCUT2D eigenvalue weighted by Crippen LogP contribution is -2.09. The van der Waals surface area contributed by atoms with E-state index in [1.54, 1.807) is 12.2 Å². The van der Waals surface area contributed by atoms with Crippen molar-refractivity contribution >= 4 is 17.3 Å². The highest BCUT2D eigenvalue weighted by atomic mass is 16.5. The zero-order chi connectivity index (χ0) is 22.4. The number of fused-ring (bicyclic) bond motifs is 1. The molecule has 0 spiro atoms. The van der Waals surface area contributed by atoms with Crippen LogP contribution >= 0.6 is 0 Å². The third-order valence-corrected chi connectivity index (χ3v) is 4.58. The molecular formula is C25H21N5O. The van der Waals surface area contributed by atoms with E-state index in [0.29, 0.717) is 22.8 Å². The highest BCUT2D eigenvalue weighted by Gasteiger charge is 2.19. The van der Waals surface area contributed by atoms with Gasteiger partial charge in [-0.25, -0.2) is 10.1 Å². The van der Waals surface area contributed by atoms with E-state index in [9.17, 15) is 5.26 Å². The van der Waals surface area contributed by atoms with E-state index in [1.807, 2.05) is 54.6 Å². The first-order chi connectivity index (χ1) is 14.8. The molecule has 152 valence electrons. The second kappa shape index (κ2) is 9.05. The number of benzene rings is 2. The largest absolute Gasteiger partial charge is 0.457 e. The van der Waals surface area contributed by atoms with Crippen LogP contribution in [0, 0.1) is 23.3 Å². The first kappa shape index (κ1) is 21.5. The van der Waals surface area contributed by atoms with Gasteiger partial charge in [0.2, 0.25) is 0 Å². The standard InChI is InChI=1S/C25H21N5O/c1-25(2,3)15-18-13-17(10-12-22(18)29-30-27)9-11-19-14-21(23(16-26)28-4)20-7-5-6-8-24(20)31-19/h5-14H,15H2,1-3H3/b11-9+,23-21-. The Hall–Kier alpha value is -4.25. The number of ether oxygens (including phenoxy) is 1. The molecule has 0 saturated carbocycles. The van der Waals surface area contributed by atoms with Gasteiger partial charge < -0.3 is 4.74 Å². The zero-order valence-electron chi connectivity index (χ0n) is 17.6. The predicted octanol–water partition coefficient (Wildman–Crippen LogP) is 7.36. The summed E-state index contributed by atoms with van der Waals surface area (Å²) in [4.78, 5) is 6.29. The van der Waals surface area contributed by atoms with Crippen LogP contribution in [0.4, 0.5) is 5.69 Å². The minimum atomic E-state index is 0.0211. The van der Waals surface area contributed by atoms with E-state index >= 15 is 0 Å². The lowest BCUT2D eigenvalue weighted by Gasteiger charge is -2.20. The average Bonchev–Trinajstić information content (AvgIpc) is 2.74. The van der Waals surface area contributed by atoms with Crippen LogP contribution in [0.2, 0.25) is 0 Å². The molecule has 6 heteroatoms. The molecule has 3 rings (SSSR count). The van der Waals surface area contributed by atoms with Crippen LogP contribution < -0.4 is 4.74 Å². The smallest absolute Gasteiger partial charge is 0.269 e. The van der Waals surface area contributed by atoms with Gasteiger partial charge in [0.1, 0.15) is 11.5 Å². The maximum Gasteiger partial charge on any atom is 0.269 e. The molecule has 6 nitrogen and oxygen atoms in total. The SMILES string of the molecule is [C-]#[N+]/C(C#N)=C1C=C(/C=C/c2ccc(N=[N+]=[N-])c(CC(C)(C)C)c2)Oc2ccccc2/1. The van der Waals surface area contributed by atoms with Crippen molar-refractivity contribution in [2.75, 3.05) is 0 Å². The fourth-order valence-corrected chi connectivity index (χ4v) is 3.32. The Morgan fingerprint density at radius 1 is 1.23 bits per heavy atom. The maximum atomic E-state index is 9.35. The van der Waals surface area contributed by atoms with Gasteiger partial charge in [-0.2, -0.15) is 0 Å². The molecule has 0 atom stereocenters. The van der Waals surface area contributed by atoms with Gasteiger partial charge in [0.05, 0.1) is 12.6 Å². The van der Waals surface area contributed by atoms with Crippen LogP contribution in [-0.4, -0.2) is 0 Å². The molecule has 0 fully saturated rings. The number of hydrogen-bond acceptors (Lipinski definition) is 3. The Kier molecular flexibility index (Phi) is 6.26. The van der Waals surface area contributed by atoms with Crippen LogP contribution in [-0.2, 0) is 6.42 Å². The highest BCUT2D eigenvalue weighted by molar-refractivity contribution is 5.85. The van der Waals surface area contributed by atoms with E-state index in [4.69, 9.17) is 16.8 Å². The van der Waals surface area contributed by atoms with E-state index in [0.717, 1.165) is 23.1 Å². The van der Waals surface area contributed by atoms with Gasteiger partial charge in [-0.15, -0.1) is 0 Å². The molecule has 0 amide bonds. The van der Waals surface area contributed by atoms with Crippen molar-refractivity contribution < 1.29 is 4.74 Å². The number of para-hydroxylation sites is 1. The number of nitriles is 1. The Morgan fingerprint density at radius 3 is 2.68 bits per heavy atom. The van der Waals surface area contributed by atoms with Gasteiger partial charge >= 0.3 is 0 Å². The predicted molar refractivity (Wildman–Crippen MR) is 122 cm³/mol.